The number of amides is 1. The summed E-state index contributed by atoms with van der Waals surface area (Å²) in [6, 6.07) is 3.50. The number of aryl methyl sites for hydroxylation is 1. The summed E-state index contributed by atoms with van der Waals surface area (Å²) in [6.07, 6.45) is 1.84. The fraction of sp³-hybridized carbons (Fsp3) is 0.538. The van der Waals surface area contributed by atoms with Crippen LogP contribution < -0.4 is 5.32 Å². The van der Waals surface area contributed by atoms with Gasteiger partial charge in [-0.1, -0.05) is 0 Å². The zero-order valence-electron chi connectivity index (χ0n) is 10.8. The van der Waals surface area contributed by atoms with Crippen LogP contribution in [0.4, 0.5) is 5.82 Å². The molecule has 0 radical (unpaired) electrons. The molecule has 1 aromatic heterocycles. The maximum absolute atomic E-state index is 12.4. The Morgan fingerprint density at radius 1 is 1.61 bits per heavy atom. The van der Waals surface area contributed by atoms with Gasteiger partial charge in [-0.15, -0.1) is 0 Å². The predicted octanol–water partition coefficient (Wildman–Crippen LogP) is 1.03. The van der Waals surface area contributed by atoms with Crippen LogP contribution in [0.2, 0.25) is 0 Å². The van der Waals surface area contributed by atoms with Crippen LogP contribution in [0.3, 0.4) is 0 Å². The monoisotopic (exact) mass is 249 g/mol. The van der Waals surface area contributed by atoms with Gasteiger partial charge < -0.3 is 15.3 Å². The first-order chi connectivity index (χ1) is 8.65. The van der Waals surface area contributed by atoms with Gasteiger partial charge in [-0.05, 0) is 31.9 Å². The van der Waals surface area contributed by atoms with E-state index < -0.39 is 0 Å². The number of aliphatic hydroxyl groups is 1. The molecule has 1 amide bonds. The van der Waals surface area contributed by atoms with E-state index in [0.717, 1.165) is 25.1 Å². The van der Waals surface area contributed by atoms with Gasteiger partial charge in [-0.3, -0.25) is 4.79 Å². The number of aromatic nitrogens is 1. The molecule has 0 aromatic carbocycles. The molecule has 1 aliphatic rings. The third-order valence-corrected chi connectivity index (χ3v) is 3.31. The standard InChI is InChI=1S/C13H19N3O2/c1-9-6-10(7-12(14-2)15-9)13(18)16-5-3-4-11(16)8-17/h6-7,11,17H,3-5,8H2,1-2H3,(H,14,15). The van der Waals surface area contributed by atoms with Crippen molar-refractivity contribution in [2.45, 2.75) is 25.8 Å². The van der Waals surface area contributed by atoms with Crippen molar-refractivity contribution < 1.29 is 9.90 Å². The number of carbonyl (C=O) groups excluding carboxylic acids is 1. The molecule has 0 spiro atoms. The molecule has 98 valence electrons. The van der Waals surface area contributed by atoms with E-state index in [1.54, 1.807) is 24.1 Å². The first-order valence-corrected chi connectivity index (χ1v) is 6.24. The van der Waals surface area contributed by atoms with Crippen LogP contribution in [0.25, 0.3) is 0 Å². The molecule has 18 heavy (non-hydrogen) atoms. The second-order valence-corrected chi connectivity index (χ2v) is 4.61. The van der Waals surface area contributed by atoms with Crippen molar-refractivity contribution in [2.24, 2.45) is 0 Å². The number of rotatable bonds is 3. The third kappa shape index (κ3) is 2.46. The number of nitrogens with zero attached hydrogens (tertiary/aromatic N) is 2. The summed E-state index contributed by atoms with van der Waals surface area (Å²) in [5, 5.41) is 12.2. The maximum Gasteiger partial charge on any atom is 0.254 e. The quantitative estimate of drug-likeness (QED) is 0.839. The summed E-state index contributed by atoms with van der Waals surface area (Å²) in [7, 11) is 1.78. The smallest absolute Gasteiger partial charge is 0.254 e. The number of nitrogens with one attached hydrogen (secondary N) is 1. The first-order valence-electron chi connectivity index (χ1n) is 6.24. The second-order valence-electron chi connectivity index (χ2n) is 4.61. The van der Waals surface area contributed by atoms with Crippen LogP contribution in [0, 0.1) is 6.92 Å². The van der Waals surface area contributed by atoms with Gasteiger partial charge in [0.25, 0.3) is 5.91 Å². The van der Waals surface area contributed by atoms with E-state index in [2.05, 4.69) is 10.3 Å². The Balaban J connectivity index is 2.25. The highest BCUT2D eigenvalue weighted by atomic mass is 16.3. The summed E-state index contributed by atoms with van der Waals surface area (Å²) in [5.41, 5.74) is 1.44. The summed E-state index contributed by atoms with van der Waals surface area (Å²) in [4.78, 5) is 18.4. The highest BCUT2D eigenvalue weighted by Gasteiger charge is 2.29. The van der Waals surface area contributed by atoms with Crippen molar-refractivity contribution in [1.29, 1.82) is 0 Å². The second kappa shape index (κ2) is 5.35. The SMILES string of the molecule is CNc1cc(C(=O)N2CCCC2CO)cc(C)n1. The Morgan fingerprint density at radius 2 is 2.39 bits per heavy atom. The third-order valence-electron chi connectivity index (χ3n) is 3.31. The van der Waals surface area contributed by atoms with Crippen molar-refractivity contribution in [3.05, 3.63) is 23.4 Å². The Bertz CT molecular complexity index is 448. The van der Waals surface area contributed by atoms with Gasteiger partial charge in [-0.25, -0.2) is 4.98 Å². The maximum atomic E-state index is 12.4. The Kier molecular flexibility index (Phi) is 3.81. The molecule has 2 N–H and O–H groups in total. The van der Waals surface area contributed by atoms with Crippen molar-refractivity contribution >= 4 is 11.7 Å². The van der Waals surface area contributed by atoms with E-state index in [1.165, 1.54) is 0 Å². The minimum absolute atomic E-state index is 0.0199. The number of hydrogen-bond donors (Lipinski definition) is 2. The molecule has 5 nitrogen and oxygen atoms in total. The lowest BCUT2D eigenvalue weighted by Crippen LogP contribution is -2.37. The molecular formula is C13H19N3O2. The van der Waals surface area contributed by atoms with Gasteiger partial charge in [0, 0.05) is 24.8 Å². The molecule has 0 bridgehead atoms. The largest absolute Gasteiger partial charge is 0.394 e. The number of anilines is 1. The highest BCUT2D eigenvalue weighted by Crippen LogP contribution is 2.21. The van der Waals surface area contributed by atoms with Crippen molar-refractivity contribution in [3.8, 4) is 0 Å². The number of likely N-dealkylation sites (tertiary alicyclic amines) is 1. The Morgan fingerprint density at radius 3 is 3.06 bits per heavy atom. The van der Waals surface area contributed by atoms with Gasteiger partial charge in [-0.2, -0.15) is 0 Å². The minimum atomic E-state index is -0.0380. The topological polar surface area (TPSA) is 65.5 Å². The normalized spacial score (nSPS) is 19.1. The summed E-state index contributed by atoms with van der Waals surface area (Å²) >= 11 is 0. The van der Waals surface area contributed by atoms with Crippen LogP contribution >= 0.6 is 0 Å². The number of hydrogen-bond acceptors (Lipinski definition) is 4. The van der Waals surface area contributed by atoms with Gasteiger partial charge in [0.05, 0.1) is 12.6 Å². The van der Waals surface area contributed by atoms with Crippen LogP contribution in [-0.4, -0.2) is 47.1 Å². The van der Waals surface area contributed by atoms with Crippen molar-refractivity contribution in [1.82, 2.24) is 9.88 Å². The fourth-order valence-corrected chi connectivity index (χ4v) is 2.38. The Hall–Kier alpha value is -1.62. The van der Waals surface area contributed by atoms with E-state index in [-0.39, 0.29) is 18.6 Å². The highest BCUT2D eigenvalue weighted by molar-refractivity contribution is 5.95. The van der Waals surface area contributed by atoms with Gasteiger partial charge >= 0.3 is 0 Å². The zero-order valence-corrected chi connectivity index (χ0v) is 10.8. The predicted molar refractivity (Wildman–Crippen MR) is 69.7 cm³/mol. The molecule has 1 aromatic rings. The lowest BCUT2D eigenvalue weighted by Gasteiger charge is -2.23. The van der Waals surface area contributed by atoms with Gasteiger partial charge in [0.1, 0.15) is 5.82 Å². The van der Waals surface area contributed by atoms with Crippen LogP contribution in [0.1, 0.15) is 28.9 Å². The summed E-state index contributed by atoms with van der Waals surface area (Å²) < 4.78 is 0. The van der Waals surface area contributed by atoms with E-state index in [0.29, 0.717) is 11.4 Å². The first kappa shape index (κ1) is 12.8. The van der Waals surface area contributed by atoms with E-state index in [4.69, 9.17) is 0 Å². The minimum Gasteiger partial charge on any atom is -0.394 e. The molecular weight excluding hydrogens is 230 g/mol. The lowest BCUT2D eigenvalue weighted by molar-refractivity contribution is 0.0677. The molecule has 5 heteroatoms. The molecule has 2 heterocycles. The summed E-state index contributed by atoms with van der Waals surface area (Å²) in [5.74, 6) is 0.673. The van der Waals surface area contributed by atoms with Crippen LogP contribution in [0.5, 0.6) is 0 Å². The number of carbonyl (C=O) groups is 1. The van der Waals surface area contributed by atoms with E-state index in [9.17, 15) is 9.90 Å². The van der Waals surface area contributed by atoms with E-state index in [1.807, 2.05) is 6.92 Å². The molecule has 1 atom stereocenters. The molecule has 2 rings (SSSR count). The molecule has 1 unspecified atom stereocenters. The average molecular weight is 249 g/mol. The molecule has 0 saturated carbocycles. The summed E-state index contributed by atoms with van der Waals surface area (Å²) in [6.45, 7) is 2.63. The number of pyridine rings is 1. The zero-order chi connectivity index (χ0) is 13.1. The number of aliphatic hydroxyl groups excluding tert-OH is 1. The van der Waals surface area contributed by atoms with Gasteiger partial charge in [0.2, 0.25) is 0 Å². The van der Waals surface area contributed by atoms with Gasteiger partial charge in [0.15, 0.2) is 0 Å². The fourth-order valence-electron chi connectivity index (χ4n) is 2.38. The van der Waals surface area contributed by atoms with Crippen LogP contribution in [0.15, 0.2) is 12.1 Å². The van der Waals surface area contributed by atoms with Crippen LogP contribution in [-0.2, 0) is 0 Å². The van der Waals surface area contributed by atoms with E-state index >= 15 is 0 Å². The molecule has 0 aliphatic carbocycles. The lowest BCUT2D eigenvalue weighted by atomic mass is 10.1. The Labute approximate surface area is 107 Å². The van der Waals surface area contributed by atoms with Crippen molar-refractivity contribution in [3.63, 3.8) is 0 Å². The molecule has 1 fully saturated rings. The average Bonchev–Trinajstić information content (AvgIpc) is 2.85. The van der Waals surface area contributed by atoms with Crippen molar-refractivity contribution in [2.75, 3.05) is 25.5 Å². The molecule has 1 saturated heterocycles. The molecule has 1 aliphatic heterocycles.